The Balaban J connectivity index is 1.71. The molecule has 0 amide bonds. The fraction of sp³-hybridized carbons (Fsp3) is 0.300. The van der Waals surface area contributed by atoms with E-state index in [0.717, 1.165) is 18.9 Å². The zero-order valence-electron chi connectivity index (χ0n) is 14.5. The summed E-state index contributed by atoms with van der Waals surface area (Å²) in [6.45, 7) is 4.49. The third-order valence-electron chi connectivity index (χ3n) is 4.59. The lowest BCUT2D eigenvalue weighted by molar-refractivity contribution is 0.0665. The third-order valence-corrected chi connectivity index (χ3v) is 4.59. The van der Waals surface area contributed by atoms with E-state index in [4.69, 9.17) is 14.5 Å². The minimum atomic E-state index is -0.312. The number of aryl methyl sites for hydroxylation is 1. The molecule has 1 saturated heterocycles. The monoisotopic (exact) mass is 354 g/mol. The van der Waals surface area contributed by atoms with Crippen LogP contribution in [-0.4, -0.2) is 42.8 Å². The molecule has 26 heavy (non-hydrogen) atoms. The maximum Gasteiger partial charge on any atom is 0.172 e. The van der Waals surface area contributed by atoms with Gasteiger partial charge in [-0.05, 0) is 42.8 Å². The predicted octanol–water partition coefficient (Wildman–Crippen LogP) is 3.88. The molecule has 1 fully saturated rings. The van der Waals surface area contributed by atoms with Gasteiger partial charge in [-0.15, -0.1) is 0 Å². The number of amidine groups is 1. The molecule has 2 aliphatic rings. The number of aliphatic imine (C=N–C) groups is 1. The molecule has 0 atom stereocenters. The standard InChI is InChI=1S/C20H19FN2O3/c1-13-11-14(21)5-6-17(13)26-18-4-2-3-15-16(24)12-19(22-20(15)18)23-7-9-25-10-8-23/h2-6,11H,7-10,12H2,1H3. The van der Waals surface area contributed by atoms with Crippen LogP contribution in [0.4, 0.5) is 10.1 Å². The molecule has 0 spiro atoms. The van der Waals surface area contributed by atoms with Crippen LogP contribution in [0.1, 0.15) is 22.3 Å². The summed E-state index contributed by atoms with van der Waals surface area (Å²) in [6, 6.07) is 9.67. The number of morpholine rings is 1. The van der Waals surface area contributed by atoms with E-state index in [0.29, 0.717) is 41.5 Å². The quantitative estimate of drug-likeness (QED) is 0.821. The number of ether oxygens (including phenoxy) is 2. The van der Waals surface area contributed by atoms with Crippen molar-refractivity contribution in [3.8, 4) is 11.5 Å². The maximum absolute atomic E-state index is 13.3. The molecule has 2 aromatic carbocycles. The largest absolute Gasteiger partial charge is 0.455 e. The van der Waals surface area contributed by atoms with E-state index in [2.05, 4.69) is 4.90 Å². The van der Waals surface area contributed by atoms with Crippen molar-refractivity contribution in [2.24, 2.45) is 4.99 Å². The van der Waals surface area contributed by atoms with E-state index >= 15 is 0 Å². The molecule has 134 valence electrons. The fourth-order valence-electron chi connectivity index (χ4n) is 3.20. The van der Waals surface area contributed by atoms with E-state index in [-0.39, 0.29) is 18.0 Å². The number of carbonyl (C=O) groups excluding carboxylic acids is 1. The Hall–Kier alpha value is -2.73. The SMILES string of the molecule is Cc1cc(F)ccc1Oc1cccc2c1N=C(N1CCOCC1)CC2=O. The Bertz CT molecular complexity index is 889. The van der Waals surface area contributed by atoms with Gasteiger partial charge in [0.05, 0.1) is 19.6 Å². The molecule has 6 heteroatoms. The Kier molecular flexibility index (Phi) is 4.42. The number of fused-ring (bicyclic) bond motifs is 1. The zero-order chi connectivity index (χ0) is 18.1. The average molecular weight is 354 g/mol. The molecule has 0 aromatic heterocycles. The minimum absolute atomic E-state index is 0.0257. The number of benzene rings is 2. The molecular weight excluding hydrogens is 335 g/mol. The summed E-state index contributed by atoms with van der Waals surface area (Å²) in [5.41, 5.74) is 1.77. The second-order valence-corrected chi connectivity index (χ2v) is 6.39. The summed E-state index contributed by atoms with van der Waals surface area (Å²) in [6.07, 6.45) is 0.284. The molecule has 5 nitrogen and oxygen atoms in total. The van der Waals surface area contributed by atoms with Crippen molar-refractivity contribution in [1.29, 1.82) is 0 Å². The lowest BCUT2D eigenvalue weighted by Crippen LogP contribution is -2.42. The number of hydrogen-bond donors (Lipinski definition) is 0. The molecule has 2 aromatic rings. The first-order valence-electron chi connectivity index (χ1n) is 8.62. The van der Waals surface area contributed by atoms with Crippen LogP contribution in [0.5, 0.6) is 11.5 Å². The molecule has 0 radical (unpaired) electrons. The van der Waals surface area contributed by atoms with Gasteiger partial charge < -0.3 is 14.4 Å². The number of ketones is 1. The van der Waals surface area contributed by atoms with Gasteiger partial charge in [0, 0.05) is 18.7 Å². The van der Waals surface area contributed by atoms with Crippen LogP contribution in [0.15, 0.2) is 41.4 Å². The summed E-state index contributed by atoms with van der Waals surface area (Å²) in [7, 11) is 0. The Labute approximate surface area is 151 Å². The first kappa shape index (κ1) is 16.7. The van der Waals surface area contributed by atoms with E-state index in [1.165, 1.54) is 12.1 Å². The third kappa shape index (κ3) is 3.20. The van der Waals surface area contributed by atoms with Crippen LogP contribution in [0.25, 0.3) is 0 Å². The van der Waals surface area contributed by atoms with Crippen molar-refractivity contribution in [2.75, 3.05) is 26.3 Å². The van der Waals surface area contributed by atoms with Gasteiger partial charge in [-0.2, -0.15) is 0 Å². The van der Waals surface area contributed by atoms with Gasteiger partial charge in [-0.1, -0.05) is 6.07 Å². The van der Waals surface area contributed by atoms with Gasteiger partial charge in [0.1, 0.15) is 23.1 Å². The first-order valence-corrected chi connectivity index (χ1v) is 8.62. The van der Waals surface area contributed by atoms with Crippen LogP contribution in [0, 0.1) is 12.7 Å². The molecule has 2 heterocycles. The minimum Gasteiger partial charge on any atom is -0.455 e. The van der Waals surface area contributed by atoms with E-state index < -0.39 is 0 Å². The molecule has 0 aliphatic carbocycles. The van der Waals surface area contributed by atoms with Crippen molar-refractivity contribution >= 4 is 17.3 Å². The van der Waals surface area contributed by atoms with Crippen LogP contribution in [0.2, 0.25) is 0 Å². The van der Waals surface area contributed by atoms with Crippen LogP contribution >= 0.6 is 0 Å². The number of rotatable bonds is 2. The smallest absolute Gasteiger partial charge is 0.172 e. The van der Waals surface area contributed by atoms with Gasteiger partial charge >= 0.3 is 0 Å². The zero-order valence-corrected chi connectivity index (χ0v) is 14.5. The highest BCUT2D eigenvalue weighted by Gasteiger charge is 2.27. The number of hydrogen-bond acceptors (Lipinski definition) is 5. The Morgan fingerprint density at radius 3 is 2.73 bits per heavy atom. The summed E-state index contributed by atoms with van der Waals surface area (Å²) < 4.78 is 24.7. The van der Waals surface area contributed by atoms with Crippen LogP contribution < -0.4 is 4.74 Å². The highest BCUT2D eigenvalue weighted by Crippen LogP contribution is 2.39. The molecular formula is C20H19FN2O3. The number of halogens is 1. The fourth-order valence-corrected chi connectivity index (χ4v) is 3.20. The van der Waals surface area contributed by atoms with Crippen molar-refractivity contribution in [3.05, 3.63) is 53.3 Å². The molecule has 4 rings (SSSR count). The first-order chi connectivity index (χ1) is 12.6. The number of carbonyl (C=O) groups is 1. The molecule has 0 bridgehead atoms. The van der Waals surface area contributed by atoms with Gasteiger partial charge in [0.2, 0.25) is 0 Å². The maximum atomic E-state index is 13.3. The van der Waals surface area contributed by atoms with E-state index in [1.807, 2.05) is 0 Å². The highest BCUT2D eigenvalue weighted by atomic mass is 19.1. The summed E-state index contributed by atoms with van der Waals surface area (Å²) in [4.78, 5) is 19.4. The van der Waals surface area contributed by atoms with E-state index in [1.54, 1.807) is 31.2 Å². The second-order valence-electron chi connectivity index (χ2n) is 6.39. The topological polar surface area (TPSA) is 51.1 Å². The normalized spacial score (nSPS) is 16.9. The molecule has 2 aliphatic heterocycles. The summed E-state index contributed by atoms with van der Waals surface area (Å²) >= 11 is 0. The molecule has 0 N–H and O–H groups in total. The van der Waals surface area contributed by atoms with Crippen molar-refractivity contribution in [3.63, 3.8) is 0 Å². The van der Waals surface area contributed by atoms with Crippen molar-refractivity contribution < 1.29 is 18.7 Å². The summed E-state index contributed by atoms with van der Waals surface area (Å²) in [5.74, 6) is 1.50. The average Bonchev–Trinajstić information content (AvgIpc) is 2.65. The van der Waals surface area contributed by atoms with Crippen molar-refractivity contribution in [1.82, 2.24) is 4.90 Å². The number of para-hydroxylation sites is 1. The van der Waals surface area contributed by atoms with Crippen LogP contribution in [0.3, 0.4) is 0 Å². The van der Waals surface area contributed by atoms with E-state index in [9.17, 15) is 9.18 Å². The van der Waals surface area contributed by atoms with Crippen LogP contribution in [-0.2, 0) is 4.74 Å². The Morgan fingerprint density at radius 1 is 1.15 bits per heavy atom. The predicted molar refractivity (Wildman–Crippen MR) is 96.1 cm³/mol. The number of Topliss-reactive ketones (excluding diaryl/α,β-unsaturated/α-hetero) is 1. The second kappa shape index (κ2) is 6.88. The van der Waals surface area contributed by atoms with Gasteiger partial charge in [-0.25, -0.2) is 9.38 Å². The molecule has 0 saturated carbocycles. The summed E-state index contributed by atoms with van der Waals surface area (Å²) in [5, 5.41) is 0. The van der Waals surface area contributed by atoms with Crippen molar-refractivity contribution in [2.45, 2.75) is 13.3 Å². The van der Waals surface area contributed by atoms with Gasteiger partial charge in [0.15, 0.2) is 11.5 Å². The highest BCUT2D eigenvalue weighted by molar-refractivity contribution is 6.15. The molecule has 0 unspecified atom stereocenters. The van der Waals surface area contributed by atoms with Gasteiger partial charge in [0.25, 0.3) is 0 Å². The Morgan fingerprint density at radius 2 is 1.96 bits per heavy atom. The number of nitrogens with zero attached hydrogens (tertiary/aromatic N) is 2. The van der Waals surface area contributed by atoms with Gasteiger partial charge in [-0.3, -0.25) is 4.79 Å². The lowest BCUT2D eigenvalue weighted by Gasteiger charge is -2.31. The lowest BCUT2D eigenvalue weighted by atomic mass is 10.0.